The molecule has 1 aliphatic rings. The molecule has 1 N–H and O–H groups in total. The lowest BCUT2D eigenvalue weighted by molar-refractivity contribution is 0.0973. The summed E-state index contributed by atoms with van der Waals surface area (Å²) in [7, 11) is 0. The van der Waals surface area contributed by atoms with E-state index in [-0.39, 0.29) is 5.78 Å². The minimum atomic E-state index is 0.221. The van der Waals surface area contributed by atoms with Crippen molar-refractivity contribution in [2.24, 2.45) is 0 Å². The highest BCUT2D eigenvalue weighted by Gasteiger charge is 2.24. The third-order valence-electron chi connectivity index (χ3n) is 3.35. The summed E-state index contributed by atoms with van der Waals surface area (Å²) in [5.74, 6) is 0.221. The maximum atomic E-state index is 12.0. The Kier molecular flexibility index (Phi) is 2.32. The quantitative estimate of drug-likeness (QED) is 0.812. The summed E-state index contributed by atoms with van der Waals surface area (Å²) in [4.78, 5) is 12.0. The average molecular weight is 226 g/mol. The molecule has 0 saturated heterocycles. The first kappa shape index (κ1) is 10.3. The molecular formula is C14H14N2O. The summed E-state index contributed by atoms with van der Waals surface area (Å²) in [6.07, 6.45) is 2.51. The van der Waals surface area contributed by atoms with Crippen LogP contribution in [0, 0.1) is 6.92 Å². The minimum absolute atomic E-state index is 0.221. The number of rotatable bonds is 1. The number of hydrogen-bond donors (Lipinski definition) is 1. The normalized spacial score (nSPS) is 14.8. The van der Waals surface area contributed by atoms with E-state index in [0.717, 1.165) is 40.9 Å². The van der Waals surface area contributed by atoms with E-state index >= 15 is 0 Å². The van der Waals surface area contributed by atoms with Crippen LogP contribution in [-0.2, 0) is 6.42 Å². The van der Waals surface area contributed by atoms with Gasteiger partial charge < -0.3 is 0 Å². The van der Waals surface area contributed by atoms with E-state index in [0.29, 0.717) is 6.42 Å². The highest BCUT2D eigenvalue weighted by Crippen LogP contribution is 2.30. The van der Waals surface area contributed by atoms with Crippen LogP contribution in [0.5, 0.6) is 0 Å². The number of nitrogens with zero attached hydrogens (tertiary/aromatic N) is 1. The molecule has 1 aromatic heterocycles. The molecule has 0 saturated carbocycles. The fourth-order valence-electron chi connectivity index (χ4n) is 2.44. The Labute approximate surface area is 99.9 Å². The van der Waals surface area contributed by atoms with Crippen molar-refractivity contribution in [2.45, 2.75) is 26.2 Å². The minimum Gasteiger partial charge on any atom is -0.294 e. The van der Waals surface area contributed by atoms with Crippen LogP contribution in [0.25, 0.3) is 11.3 Å². The lowest BCUT2D eigenvalue weighted by Crippen LogP contribution is -2.10. The number of Topliss-reactive ketones (excluding diaryl/α,β-unsaturated/α-hetero) is 1. The molecule has 0 fully saturated rings. The molecule has 1 aromatic carbocycles. The molecule has 0 atom stereocenters. The average Bonchev–Trinajstić information content (AvgIpc) is 2.75. The summed E-state index contributed by atoms with van der Waals surface area (Å²) in [6.45, 7) is 2.05. The van der Waals surface area contributed by atoms with Gasteiger partial charge in [0.25, 0.3) is 0 Å². The number of nitrogens with one attached hydrogen (secondary N) is 1. The van der Waals surface area contributed by atoms with E-state index in [1.54, 1.807) is 0 Å². The Balaban J connectivity index is 2.20. The van der Waals surface area contributed by atoms with Gasteiger partial charge in [-0.2, -0.15) is 5.10 Å². The maximum absolute atomic E-state index is 12.0. The first-order chi connectivity index (χ1) is 8.27. The van der Waals surface area contributed by atoms with Crippen molar-refractivity contribution in [2.75, 3.05) is 0 Å². The Bertz CT molecular complexity index is 584. The van der Waals surface area contributed by atoms with Gasteiger partial charge in [-0.05, 0) is 25.3 Å². The number of H-pyrrole nitrogens is 1. The van der Waals surface area contributed by atoms with Gasteiger partial charge in [0.05, 0.1) is 5.56 Å². The Morgan fingerprint density at radius 1 is 1.24 bits per heavy atom. The molecule has 3 rings (SSSR count). The molecule has 3 nitrogen and oxygen atoms in total. The monoisotopic (exact) mass is 226 g/mol. The number of ketones is 1. The van der Waals surface area contributed by atoms with Gasteiger partial charge in [-0.3, -0.25) is 9.89 Å². The zero-order valence-electron chi connectivity index (χ0n) is 9.79. The topological polar surface area (TPSA) is 45.8 Å². The van der Waals surface area contributed by atoms with Crippen LogP contribution in [0.4, 0.5) is 0 Å². The maximum Gasteiger partial charge on any atom is 0.166 e. The predicted octanol–water partition coefficient (Wildman–Crippen LogP) is 2.90. The molecule has 0 aliphatic heterocycles. The number of aromatic amines is 1. The summed E-state index contributed by atoms with van der Waals surface area (Å²) >= 11 is 0. The lowest BCUT2D eigenvalue weighted by Gasteiger charge is -2.11. The SMILES string of the molecule is Cc1ccccc1-c1n[nH]c2c1C(=O)CCC2. The zero-order valence-corrected chi connectivity index (χ0v) is 9.79. The molecule has 0 bridgehead atoms. The molecular weight excluding hydrogens is 212 g/mol. The van der Waals surface area contributed by atoms with Gasteiger partial charge >= 0.3 is 0 Å². The van der Waals surface area contributed by atoms with E-state index in [9.17, 15) is 4.79 Å². The molecule has 86 valence electrons. The molecule has 17 heavy (non-hydrogen) atoms. The van der Waals surface area contributed by atoms with Crippen LogP contribution in [0.2, 0.25) is 0 Å². The van der Waals surface area contributed by atoms with Crippen molar-refractivity contribution in [3.05, 3.63) is 41.1 Å². The van der Waals surface area contributed by atoms with E-state index < -0.39 is 0 Å². The van der Waals surface area contributed by atoms with Crippen LogP contribution in [0.1, 0.15) is 34.5 Å². The predicted molar refractivity (Wildman–Crippen MR) is 66.0 cm³/mol. The molecule has 3 heteroatoms. The second-order valence-corrected chi connectivity index (χ2v) is 4.52. The van der Waals surface area contributed by atoms with Gasteiger partial charge in [-0.25, -0.2) is 0 Å². The van der Waals surface area contributed by atoms with Crippen molar-refractivity contribution in [1.29, 1.82) is 0 Å². The largest absolute Gasteiger partial charge is 0.294 e. The molecule has 2 aromatic rings. The van der Waals surface area contributed by atoms with Crippen LogP contribution in [0.3, 0.4) is 0 Å². The summed E-state index contributed by atoms with van der Waals surface area (Å²) in [5, 5.41) is 7.34. The third kappa shape index (κ3) is 1.58. The molecule has 0 radical (unpaired) electrons. The van der Waals surface area contributed by atoms with E-state index in [1.807, 2.05) is 31.2 Å². The molecule has 1 aliphatic carbocycles. The molecule has 0 amide bonds. The Morgan fingerprint density at radius 3 is 2.88 bits per heavy atom. The third-order valence-corrected chi connectivity index (χ3v) is 3.35. The lowest BCUT2D eigenvalue weighted by atomic mass is 9.91. The van der Waals surface area contributed by atoms with Gasteiger partial charge in [-0.15, -0.1) is 0 Å². The van der Waals surface area contributed by atoms with Crippen molar-refractivity contribution < 1.29 is 4.79 Å². The smallest absolute Gasteiger partial charge is 0.166 e. The second-order valence-electron chi connectivity index (χ2n) is 4.52. The van der Waals surface area contributed by atoms with Gasteiger partial charge in [0, 0.05) is 17.7 Å². The molecule has 0 spiro atoms. The molecule has 0 unspecified atom stereocenters. The van der Waals surface area contributed by atoms with Gasteiger partial charge in [0.15, 0.2) is 5.78 Å². The Morgan fingerprint density at radius 2 is 2.06 bits per heavy atom. The standard InChI is InChI=1S/C14H14N2O/c1-9-5-2-3-6-10(9)14-13-11(15-16-14)7-4-8-12(13)17/h2-3,5-6H,4,7-8H2,1H3,(H,15,16). The van der Waals surface area contributed by atoms with Gasteiger partial charge in [-0.1, -0.05) is 24.3 Å². The van der Waals surface area contributed by atoms with E-state index in [2.05, 4.69) is 10.2 Å². The summed E-state index contributed by atoms with van der Waals surface area (Å²) in [5.41, 5.74) is 4.84. The Hall–Kier alpha value is -1.90. The fourth-order valence-corrected chi connectivity index (χ4v) is 2.44. The highest BCUT2D eigenvalue weighted by atomic mass is 16.1. The first-order valence-electron chi connectivity index (χ1n) is 5.94. The van der Waals surface area contributed by atoms with Crippen molar-refractivity contribution in [3.8, 4) is 11.3 Å². The summed E-state index contributed by atoms with van der Waals surface area (Å²) < 4.78 is 0. The number of fused-ring (bicyclic) bond motifs is 1. The highest BCUT2D eigenvalue weighted by molar-refractivity contribution is 6.03. The number of benzene rings is 1. The first-order valence-corrected chi connectivity index (χ1v) is 5.94. The van der Waals surface area contributed by atoms with Crippen LogP contribution >= 0.6 is 0 Å². The van der Waals surface area contributed by atoms with Gasteiger partial charge in [0.2, 0.25) is 0 Å². The van der Waals surface area contributed by atoms with Crippen LogP contribution in [0.15, 0.2) is 24.3 Å². The number of carbonyl (C=O) groups is 1. The number of aryl methyl sites for hydroxylation is 2. The van der Waals surface area contributed by atoms with Crippen molar-refractivity contribution in [1.82, 2.24) is 10.2 Å². The zero-order chi connectivity index (χ0) is 11.8. The fraction of sp³-hybridized carbons (Fsp3) is 0.286. The van der Waals surface area contributed by atoms with Crippen LogP contribution in [-0.4, -0.2) is 16.0 Å². The summed E-state index contributed by atoms with van der Waals surface area (Å²) in [6, 6.07) is 8.05. The number of aromatic nitrogens is 2. The van der Waals surface area contributed by atoms with Crippen LogP contribution < -0.4 is 0 Å². The van der Waals surface area contributed by atoms with Crippen molar-refractivity contribution >= 4 is 5.78 Å². The number of carbonyl (C=O) groups excluding carboxylic acids is 1. The second kappa shape index (κ2) is 3.84. The van der Waals surface area contributed by atoms with Gasteiger partial charge in [0.1, 0.15) is 5.69 Å². The number of hydrogen-bond acceptors (Lipinski definition) is 2. The van der Waals surface area contributed by atoms with E-state index in [1.165, 1.54) is 0 Å². The van der Waals surface area contributed by atoms with Crippen molar-refractivity contribution in [3.63, 3.8) is 0 Å². The van der Waals surface area contributed by atoms with E-state index in [4.69, 9.17) is 0 Å². The molecule has 1 heterocycles.